The second kappa shape index (κ2) is 7.59. The Morgan fingerprint density at radius 1 is 1.31 bits per heavy atom. The lowest BCUT2D eigenvalue weighted by Gasteiger charge is -2.09. The molecule has 0 atom stereocenters. The summed E-state index contributed by atoms with van der Waals surface area (Å²) in [5.74, 6) is 4.90. The molecule has 0 saturated carbocycles. The molecule has 1 amide bonds. The Morgan fingerprint density at radius 2 is 2.04 bits per heavy atom. The molecule has 0 aliphatic rings. The molecule has 0 aliphatic carbocycles. The number of aromatic hydroxyl groups is 1. The first kappa shape index (κ1) is 18.0. The number of nitrogens with two attached hydrogens (primary N) is 1. The summed E-state index contributed by atoms with van der Waals surface area (Å²) in [6.07, 6.45) is 0. The molecule has 1 aromatic heterocycles. The van der Waals surface area contributed by atoms with Crippen LogP contribution in [0.15, 0.2) is 46.9 Å². The predicted octanol–water partition coefficient (Wildman–Crippen LogP) is 2.89. The van der Waals surface area contributed by atoms with Crippen molar-refractivity contribution < 1.29 is 14.6 Å². The molecule has 7 nitrogen and oxygen atoms in total. The highest BCUT2D eigenvalue weighted by atomic mass is 79.9. The number of phenols is 1. The number of rotatable bonds is 5. The van der Waals surface area contributed by atoms with E-state index in [4.69, 9.17) is 10.6 Å². The minimum Gasteiger partial charge on any atom is -0.507 e. The van der Waals surface area contributed by atoms with Gasteiger partial charge in [-0.2, -0.15) is 5.10 Å². The van der Waals surface area contributed by atoms with Gasteiger partial charge < -0.3 is 9.84 Å². The largest absolute Gasteiger partial charge is 0.507 e. The fourth-order valence-electron chi connectivity index (χ4n) is 2.59. The van der Waals surface area contributed by atoms with E-state index < -0.39 is 5.91 Å². The summed E-state index contributed by atoms with van der Waals surface area (Å²) in [4.78, 5) is 11.1. The average Bonchev–Trinajstić information content (AvgIpc) is 3.01. The van der Waals surface area contributed by atoms with Gasteiger partial charge in [-0.3, -0.25) is 15.3 Å². The summed E-state index contributed by atoms with van der Waals surface area (Å²) in [5, 5.41) is 17.7. The summed E-state index contributed by atoms with van der Waals surface area (Å²) < 4.78 is 6.26. The maximum absolute atomic E-state index is 11.1. The molecule has 2 aromatic carbocycles. The monoisotopic (exact) mass is 416 g/mol. The van der Waals surface area contributed by atoms with Crippen molar-refractivity contribution in [3.63, 3.8) is 0 Å². The van der Waals surface area contributed by atoms with Gasteiger partial charge in [0.2, 0.25) is 0 Å². The molecule has 134 valence electrons. The molecule has 0 radical (unpaired) electrons. The smallest absolute Gasteiger partial charge is 0.271 e. The van der Waals surface area contributed by atoms with Crippen LogP contribution in [0.25, 0.3) is 22.4 Å². The van der Waals surface area contributed by atoms with Crippen LogP contribution >= 0.6 is 15.9 Å². The van der Waals surface area contributed by atoms with E-state index in [1.807, 2.05) is 36.6 Å². The molecule has 5 N–H and O–H groups in total. The van der Waals surface area contributed by atoms with E-state index in [0.29, 0.717) is 17.0 Å². The Kier molecular flexibility index (Phi) is 5.24. The van der Waals surface area contributed by atoms with E-state index in [9.17, 15) is 9.90 Å². The number of H-pyrrole nitrogens is 1. The summed E-state index contributed by atoms with van der Waals surface area (Å²) in [6, 6.07) is 12.7. The summed E-state index contributed by atoms with van der Waals surface area (Å²) in [7, 11) is 0. The Labute approximate surface area is 158 Å². The van der Waals surface area contributed by atoms with E-state index in [1.165, 1.54) is 6.07 Å². The van der Waals surface area contributed by atoms with Crippen LogP contribution in [0.1, 0.15) is 5.69 Å². The minimum absolute atomic E-state index is 0.000480. The van der Waals surface area contributed by atoms with Crippen LogP contribution in [0.3, 0.4) is 0 Å². The van der Waals surface area contributed by atoms with Gasteiger partial charge in [-0.25, -0.2) is 5.84 Å². The molecule has 3 rings (SSSR count). The number of amides is 1. The molecular weight excluding hydrogens is 400 g/mol. The van der Waals surface area contributed by atoms with Crippen LogP contribution < -0.4 is 16.0 Å². The van der Waals surface area contributed by atoms with Crippen LogP contribution in [-0.2, 0) is 4.79 Å². The molecule has 0 unspecified atom stereocenters. The number of hydrazine groups is 1. The van der Waals surface area contributed by atoms with Crippen LogP contribution in [0.2, 0.25) is 0 Å². The van der Waals surface area contributed by atoms with Gasteiger partial charge in [0.05, 0.1) is 0 Å². The molecule has 0 bridgehead atoms. The SMILES string of the molecule is Cc1[nH]nc(-c2ccc(OCC(=O)NN)cc2O)c1-c1ccc(Br)cc1. The van der Waals surface area contributed by atoms with Gasteiger partial charge >= 0.3 is 0 Å². The van der Waals surface area contributed by atoms with Gasteiger partial charge in [-0.1, -0.05) is 28.1 Å². The van der Waals surface area contributed by atoms with Gasteiger partial charge in [0, 0.05) is 27.4 Å². The molecule has 26 heavy (non-hydrogen) atoms. The van der Waals surface area contributed by atoms with Crippen molar-refractivity contribution in [2.75, 3.05) is 6.61 Å². The number of halogens is 1. The third kappa shape index (κ3) is 3.71. The highest BCUT2D eigenvalue weighted by molar-refractivity contribution is 9.10. The highest BCUT2D eigenvalue weighted by Crippen LogP contribution is 2.38. The lowest BCUT2D eigenvalue weighted by Crippen LogP contribution is -2.34. The van der Waals surface area contributed by atoms with Crippen LogP contribution in [-0.4, -0.2) is 27.8 Å². The van der Waals surface area contributed by atoms with Gasteiger partial charge in [-0.15, -0.1) is 0 Å². The first-order valence-corrected chi connectivity index (χ1v) is 8.55. The zero-order valence-corrected chi connectivity index (χ0v) is 15.5. The number of hydrogen-bond donors (Lipinski definition) is 4. The fraction of sp³-hybridized carbons (Fsp3) is 0.111. The van der Waals surface area contributed by atoms with Crippen molar-refractivity contribution >= 4 is 21.8 Å². The van der Waals surface area contributed by atoms with Crippen molar-refractivity contribution in [2.45, 2.75) is 6.92 Å². The molecule has 0 saturated heterocycles. The van der Waals surface area contributed by atoms with Crippen molar-refractivity contribution in [2.24, 2.45) is 5.84 Å². The molecule has 0 fully saturated rings. The average molecular weight is 417 g/mol. The quantitative estimate of drug-likeness (QED) is 0.290. The number of benzene rings is 2. The lowest BCUT2D eigenvalue weighted by molar-refractivity contribution is -0.123. The Balaban J connectivity index is 1.95. The van der Waals surface area contributed by atoms with Crippen molar-refractivity contribution in [1.29, 1.82) is 0 Å². The number of carbonyl (C=O) groups is 1. The zero-order chi connectivity index (χ0) is 18.7. The molecule has 3 aromatic rings. The van der Waals surface area contributed by atoms with Gasteiger partial charge in [0.15, 0.2) is 6.61 Å². The summed E-state index contributed by atoms with van der Waals surface area (Å²) in [5.41, 5.74) is 5.94. The topological polar surface area (TPSA) is 113 Å². The maximum Gasteiger partial charge on any atom is 0.271 e. The number of ether oxygens (including phenoxy) is 1. The number of carbonyl (C=O) groups excluding carboxylic acids is 1. The first-order chi connectivity index (χ1) is 12.5. The third-order valence-corrected chi connectivity index (χ3v) is 4.36. The first-order valence-electron chi connectivity index (χ1n) is 7.76. The second-order valence-corrected chi connectivity index (χ2v) is 6.53. The number of hydrogen-bond acceptors (Lipinski definition) is 5. The standard InChI is InChI=1S/C18H17BrN4O3/c1-10-17(11-2-4-12(19)5-3-11)18(23-22-10)14-7-6-13(8-15(14)24)26-9-16(25)21-20/h2-8,24H,9,20H2,1H3,(H,21,25)(H,22,23). The van der Waals surface area contributed by atoms with E-state index in [0.717, 1.165) is 21.3 Å². The maximum atomic E-state index is 11.1. The van der Waals surface area contributed by atoms with Gasteiger partial charge in [0.1, 0.15) is 17.2 Å². The van der Waals surface area contributed by atoms with E-state index in [1.54, 1.807) is 12.1 Å². The van der Waals surface area contributed by atoms with Crippen LogP contribution in [0.4, 0.5) is 0 Å². The van der Waals surface area contributed by atoms with E-state index >= 15 is 0 Å². The van der Waals surface area contributed by atoms with Crippen molar-refractivity contribution in [1.82, 2.24) is 15.6 Å². The molecule has 1 heterocycles. The highest BCUT2D eigenvalue weighted by Gasteiger charge is 2.17. The fourth-order valence-corrected chi connectivity index (χ4v) is 2.85. The Bertz CT molecular complexity index is 938. The van der Waals surface area contributed by atoms with Crippen molar-refractivity contribution in [3.8, 4) is 33.9 Å². The minimum atomic E-state index is -0.464. The number of phenolic OH excluding ortho intramolecular Hbond substituents is 1. The molecule has 8 heteroatoms. The lowest BCUT2D eigenvalue weighted by atomic mass is 9.99. The van der Waals surface area contributed by atoms with Gasteiger partial charge in [0.25, 0.3) is 5.91 Å². The molecule has 0 aliphatic heterocycles. The van der Waals surface area contributed by atoms with E-state index in [2.05, 4.69) is 26.1 Å². The number of aryl methyl sites for hydroxylation is 1. The summed E-state index contributed by atoms with van der Waals surface area (Å²) in [6.45, 7) is 1.69. The number of nitrogens with zero attached hydrogens (tertiary/aromatic N) is 1. The number of nitrogens with one attached hydrogen (secondary N) is 2. The third-order valence-electron chi connectivity index (χ3n) is 3.84. The summed E-state index contributed by atoms with van der Waals surface area (Å²) >= 11 is 3.43. The Hall–Kier alpha value is -2.84. The van der Waals surface area contributed by atoms with Crippen LogP contribution in [0, 0.1) is 6.92 Å². The normalized spacial score (nSPS) is 10.6. The van der Waals surface area contributed by atoms with Crippen molar-refractivity contribution in [3.05, 3.63) is 52.6 Å². The number of aromatic nitrogens is 2. The predicted molar refractivity (Wildman–Crippen MR) is 101 cm³/mol. The van der Waals surface area contributed by atoms with Crippen LogP contribution in [0.5, 0.6) is 11.5 Å². The molecule has 0 spiro atoms. The van der Waals surface area contributed by atoms with Gasteiger partial charge in [-0.05, 0) is 36.8 Å². The zero-order valence-electron chi connectivity index (χ0n) is 13.9. The Morgan fingerprint density at radius 3 is 2.69 bits per heavy atom. The number of aromatic amines is 1. The second-order valence-electron chi connectivity index (χ2n) is 5.61. The van der Waals surface area contributed by atoms with E-state index in [-0.39, 0.29) is 12.4 Å². The molecular formula is C18H17BrN4O3.